The van der Waals surface area contributed by atoms with E-state index in [1.165, 1.54) is 66.3 Å². The Kier molecular flexibility index (Phi) is 8.99. The molecule has 262 valence electrons. The Labute approximate surface area is 323 Å². The third-order valence-corrected chi connectivity index (χ3v) is 10.5. The first-order chi connectivity index (χ1) is 27.2. The second-order valence-corrected chi connectivity index (χ2v) is 13.7. The summed E-state index contributed by atoms with van der Waals surface area (Å²) < 4.78 is 2.46. The Hall–Kier alpha value is -7.16. The van der Waals surface area contributed by atoms with E-state index in [0.29, 0.717) is 0 Å². The summed E-state index contributed by atoms with van der Waals surface area (Å²) in [6, 6.07) is 72.0. The number of rotatable bonds is 9. The lowest BCUT2D eigenvalue weighted by atomic mass is 9.93. The molecule has 0 bridgehead atoms. The van der Waals surface area contributed by atoms with Crippen LogP contribution in [0.4, 0.5) is 11.4 Å². The van der Waals surface area contributed by atoms with Crippen molar-refractivity contribution >= 4 is 33.2 Å². The van der Waals surface area contributed by atoms with E-state index in [9.17, 15) is 0 Å². The zero-order valence-electron chi connectivity index (χ0n) is 30.8. The van der Waals surface area contributed by atoms with Crippen LogP contribution in [0.15, 0.2) is 225 Å². The summed E-state index contributed by atoms with van der Waals surface area (Å²) in [6.07, 6.45) is 4.04. The summed E-state index contributed by atoms with van der Waals surface area (Å²) in [5, 5.41) is 2.47. The monoisotopic (exact) mass is 704 g/mol. The van der Waals surface area contributed by atoms with E-state index >= 15 is 0 Å². The van der Waals surface area contributed by atoms with Crippen molar-refractivity contribution in [2.45, 2.75) is 6.92 Å². The summed E-state index contributed by atoms with van der Waals surface area (Å²) >= 11 is 0. The molecule has 8 aromatic carbocycles. The van der Waals surface area contributed by atoms with Crippen molar-refractivity contribution in [3.05, 3.63) is 225 Å². The number of benzene rings is 8. The molecule has 0 spiro atoms. The van der Waals surface area contributed by atoms with Gasteiger partial charge in [0.2, 0.25) is 0 Å². The predicted octanol–water partition coefficient (Wildman–Crippen LogP) is 14.7. The predicted molar refractivity (Wildman–Crippen MR) is 235 cm³/mol. The summed E-state index contributed by atoms with van der Waals surface area (Å²) in [5.74, 6) is 0. The highest BCUT2D eigenvalue weighted by Gasteiger charge is 2.22. The number of aromatic nitrogens is 1. The molecule has 0 radical (unpaired) electrons. The van der Waals surface area contributed by atoms with Gasteiger partial charge in [0.05, 0.1) is 11.0 Å². The van der Waals surface area contributed by atoms with E-state index in [2.05, 4.69) is 229 Å². The summed E-state index contributed by atoms with van der Waals surface area (Å²) in [5.41, 5.74) is 16.2. The molecule has 0 aliphatic rings. The molecule has 9 aromatic rings. The van der Waals surface area contributed by atoms with Gasteiger partial charge < -0.3 is 9.47 Å². The fraction of sp³-hybridized carbons (Fsp3) is 0.0189. The zero-order chi connectivity index (χ0) is 37.1. The minimum atomic E-state index is 1.02. The van der Waals surface area contributed by atoms with Crippen LogP contribution >= 0.6 is 0 Å². The largest absolute Gasteiger partial charge is 0.311 e. The number of hydrogen-bond acceptors (Lipinski definition) is 1. The number of fused-ring (bicyclic) bond motifs is 3. The number of nitrogens with zero attached hydrogens (tertiary/aromatic N) is 2. The average Bonchev–Trinajstić information content (AvgIpc) is 3.61. The molecule has 0 aliphatic heterocycles. The van der Waals surface area contributed by atoms with Gasteiger partial charge in [-0.3, -0.25) is 0 Å². The topological polar surface area (TPSA) is 8.17 Å². The van der Waals surface area contributed by atoms with Crippen LogP contribution in [0, 0.1) is 0 Å². The van der Waals surface area contributed by atoms with Crippen molar-refractivity contribution in [2.75, 3.05) is 4.90 Å². The minimum Gasteiger partial charge on any atom is -0.311 e. The lowest BCUT2D eigenvalue weighted by molar-refractivity contribution is 1.16. The smallest absolute Gasteiger partial charge is 0.0620 e. The lowest BCUT2D eigenvalue weighted by Gasteiger charge is -2.27. The fourth-order valence-electron chi connectivity index (χ4n) is 7.93. The molecule has 0 saturated carbocycles. The van der Waals surface area contributed by atoms with Gasteiger partial charge in [0.25, 0.3) is 0 Å². The summed E-state index contributed by atoms with van der Waals surface area (Å²) in [7, 11) is 0. The van der Waals surface area contributed by atoms with Gasteiger partial charge in [-0.1, -0.05) is 158 Å². The molecule has 0 saturated heterocycles. The maximum absolute atomic E-state index is 4.18. The third kappa shape index (κ3) is 6.24. The van der Waals surface area contributed by atoms with Gasteiger partial charge in [-0.25, -0.2) is 0 Å². The molecule has 1 aromatic heterocycles. The van der Waals surface area contributed by atoms with Gasteiger partial charge in [0.15, 0.2) is 0 Å². The van der Waals surface area contributed by atoms with E-state index < -0.39 is 0 Å². The summed E-state index contributed by atoms with van der Waals surface area (Å²) in [4.78, 5) is 2.27. The van der Waals surface area contributed by atoms with Gasteiger partial charge in [0.1, 0.15) is 0 Å². The molecule has 0 atom stereocenters. The zero-order valence-corrected chi connectivity index (χ0v) is 30.8. The highest BCUT2D eigenvalue weighted by atomic mass is 15.1. The van der Waals surface area contributed by atoms with Gasteiger partial charge in [-0.05, 0) is 107 Å². The van der Waals surface area contributed by atoms with Crippen LogP contribution in [0.3, 0.4) is 0 Å². The van der Waals surface area contributed by atoms with E-state index in [1.807, 2.05) is 6.08 Å². The second-order valence-electron chi connectivity index (χ2n) is 13.7. The van der Waals surface area contributed by atoms with Crippen LogP contribution in [-0.4, -0.2) is 4.57 Å². The number of hydrogen-bond donors (Lipinski definition) is 0. The van der Waals surface area contributed by atoms with Crippen LogP contribution in [0.5, 0.6) is 0 Å². The van der Waals surface area contributed by atoms with Crippen LogP contribution in [0.1, 0.15) is 6.92 Å². The molecular weight excluding hydrogens is 665 g/mol. The SMILES string of the molecule is C=C/C(=C\C)N(c1ccc(-c2ccccc2)cc1)c1ccc(-n2c3cccc(-c4ccccc4)c3c3cc(-c4ccccc4)cc(-c4ccccc4)c32)cc1. The normalized spacial score (nSPS) is 11.5. The number of anilines is 2. The Morgan fingerprint density at radius 2 is 0.964 bits per heavy atom. The first-order valence-corrected chi connectivity index (χ1v) is 18.8. The molecule has 0 unspecified atom stereocenters. The highest BCUT2D eigenvalue weighted by Crippen LogP contribution is 2.45. The maximum Gasteiger partial charge on any atom is 0.0620 e. The van der Waals surface area contributed by atoms with Crippen molar-refractivity contribution < 1.29 is 0 Å². The Bertz CT molecular complexity index is 2780. The minimum absolute atomic E-state index is 1.02. The highest BCUT2D eigenvalue weighted by molar-refractivity contribution is 6.20. The molecule has 55 heavy (non-hydrogen) atoms. The van der Waals surface area contributed by atoms with Crippen molar-refractivity contribution in [3.8, 4) is 50.2 Å². The molecule has 1 heterocycles. The van der Waals surface area contributed by atoms with E-state index in [0.717, 1.165) is 22.8 Å². The molecule has 2 heteroatoms. The summed E-state index contributed by atoms with van der Waals surface area (Å²) in [6.45, 7) is 6.25. The third-order valence-electron chi connectivity index (χ3n) is 10.5. The second kappa shape index (κ2) is 14.7. The van der Waals surface area contributed by atoms with E-state index in [4.69, 9.17) is 0 Å². The standard InChI is InChI=1S/C53H40N2/c1-3-44(4-2)54(45-30-28-40(29-31-45)38-18-9-5-10-19-38)46-32-34-47(35-33-46)55-51-27-17-26-48(41-22-13-7-14-23-41)52(51)50-37-43(39-20-11-6-12-21-39)36-49(53(50)55)42-24-15-8-16-25-42/h3-37H,1H2,2H3/b44-4+. The van der Waals surface area contributed by atoms with Crippen LogP contribution < -0.4 is 4.90 Å². The van der Waals surface area contributed by atoms with E-state index in [-0.39, 0.29) is 0 Å². The van der Waals surface area contributed by atoms with Crippen LogP contribution in [0.2, 0.25) is 0 Å². The van der Waals surface area contributed by atoms with Crippen molar-refractivity contribution in [1.29, 1.82) is 0 Å². The van der Waals surface area contributed by atoms with Gasteiger partial charge in [-0.2, -0.15) is 0 Å². The molecular formula is C53H40N2. The quantitative estimate of drug-likeness (QED) is 0.136. The van der Waals surface area contributed by atoms with Crippen molar-refractivity contribution in [2.24, 2.45) is 0 Å². The first-order valence-electron chi connectivity index (χ1n) is 18.8. The molecule has 0 amide bonds. The van der Waals surface area contributed by atoms with Crippen molar-refractivity contribution in [1.82, 2.24) is 4.57 Å². The van der Waals surface area contributed by atoms with E-state index in [1.54, 1.807) is 0 Å². The van der Waals surface area contributed by atoms with Crippen LogP contribution in [0.25, 0.3) is 72.0 Å². The lowest BCUT2D eigenvalue weighted by Crippen LogP contribution is -2.15. The van der Waals surface area contributed by atoms with Gasteiger partial charge >= 0.3 is 0 Å². The van der Waals surface area contributed by atoms with Gasteiger partial charge in [0, 0.05) is 39.1 Å². The van der Waals surface area contributed by atoms with Gasteiger partial charge in [-0.15, -0.1) is 0 Å². The van der Waals surface area contributed by atoms with Crippen LogP contribution in [-0.2, 0) is 0 Å². The Morgan fingerprint density at radius 3 is 1.51 bits per heavy atom. The number of allylic oxidation sites excluding steroid dienone is 2. The maximum atomic E-state index is 4.18. The van der Waals surface area contributed by atoms with Crippen molar-refractivity contribution in [3.63, 3.8) is 0 Å². The molecule has 0 fully saturated rings. The Morgan fingerprint density at radius 1 is 0.473 bits per heavy atom. The molecule has 0 aliphatic carbocycles. The average molecular weight is 705 g/mol. The molecule has 9 rings (SSSR count). The first kappa shape index (κ1) is 33.7. The fourth-order valence-corrected chi connectivity index (χ4v) is 7.93. The molecule has 0 N–H and O–H groups in total. The molecule has 2 nitrogen and oxygen atoms in total. The Balaban J connectivity index is 1.27.